The lowest BCUT2D eigenvalue weighted by Gasteiger charge is -2.20. The Morgan fingerprint density at radius 1 is 1.50 bits per heavy atom. The highest BCUT2D eigenvalue weighted by Crippen LogP contribution is 2.24. The summed E-state index contributed by atoms with van der Waals surface area (Å²) in [6.45, 7) is 3.02. The highest BCUT2D eigenvalue weighted by molar-refractivity contribution is 5.92. The van der Waals surface area contributed by atoms with E-state index in [4.69, 9.17) is 4.74 Å². The fraction of sp³-hybridized carbons (Fsp3) is 0.692. The normalized spacial score (nSPS) is 16.7. The van der Waals surface area contributed by atoms with Gasteiger partial charge < -0.3 is 10.1 Å². The zero-order valence-corrected chi connectivity index (χ0v) is 10.9. The number of carbonyl (C=O) groups is 1. The van der Waals surface area contributed by atoms with Crippen LogP contribution in [0, 0.1) is 5.92 Å². The predicted molar refractivity (Wildman–Crippen MR) is 69.1 cm³/mol. The number of hydrogen-bond acceptors (Lipinski definition) is 3. The molecule has 0 atom stereocenters. The maximum Gasteiger partial charge on any atom is 0.227 e. The van der Waals surface area contributed by atoms with Crippen LogP contribution in [0.25, 0.3) is 0 Å². The Balaban J connectivity index is 1.84. The van der Waals surface area contributed by atoms with Gasteiger partial charge in [0.25, 0.3) is 0 Å². The van der Waals surface area contributed by atoms with Gasteiger partial charge in [-0.15, -0.1) is 0 Å². The molecule has 1 N–H and O–H groups in total. The molecule has 1 aromatic heterocycles. The molecule has 5 heteroatoms. The fourth-order valence-corrected chi connectivity index (χ4v) is 2.29. The van der Waals surface area contributed by atoms with E-state index in [1.165, 1.54) is 19.3 Å². The first-order valence-corrected chi connectivity index (χ1v) is 6.70. The third-order valence-corrected chi connectivity index (χ3v) is 3.30. The van der Waals surface area contributed by atoms with Gasteiger partial charge >= 0.3 is 0 Å². The van der Waals surface area contributed by atoms with Crippen molar-refractivity contribution in [1.29, 1.82) is 0 Å². The molecule has 1 aromatic rings. The molecule has 1 aliphatic carbocycles. The van der Waals surface area contributed by atoms with Crippen LogP contribution in [0.3, 0.4) is 0 Å². The van der Waals surface area contributed by atoms with E-state index in [0.717, 1.165) is 18.5 Å². The maximum absolute atomic E-state index is 12.0. The standard InChI is InChI=1S/C13H21N3O2/c1-2-18-10-16-9-12(8-14-16)15-13(17)11-6-4-3-5-7-11/h8-9,11H,2-7,10H2,1H3,(H,15,17). The van der Waals surface area contributed by atoms with E-state index in [1.807, 2.05) is 6.92 Å². The topological polar surface area (TPSA) is 56.1 Å². The largest absolute Gasteiger partial charge is 0.360 e. The van der Waals surface area contributed by atoms with Gasteiger partial charge in [0, 0.05) is 12.5 Å². The number of carbonyl (C=O) groups excluding carboxylic acids is 1. The van der Waals surface area contributed by atoms with Crippen LogP contribution >= 0.6 is 0 Å². The molecule has 0 aliphatic heterocycles. The Kier molecular flexibility index (Phi) is 4.75. The van der Waals surface area contributed by atoms with E-state index in [0.29, 0.717) is 13.3 Å². The fourth-order valence-electron chi connectivity index (χ4n) is 2.29. The van der Waals surface area contributed by atoms with Crippen LogP contribution in [0.1, 0.15) is 39.0 Å². The number of aromatic nitrogens is 2. The Morgan fingerprint density at radius 3 is 3.00 bits per heavy atom. The molecule has 0 saturated heterocycles. The van der Waals surface area contributed by atoms with Crippen LogP contribution in [0.5, 0.6) is 0 Å². The summed E-state index contributed by atoms with van der Waals surface area (Å²) in [6.07, 6.45) is 9.09. The number of ether oxygens (including phenoxy) is 1. The Labute approximate surface area is 108 Å². The first-order valence-electron chi connectivity index (χ1n) is 6.70. The van der Waals surface area contributed by atoms with Crippen LogP contribution in [-0.4, -0.2) is 22.3 Å². The van der Waals surface area contributed by atoms with Crippen LogP contribution in [0.2, 0.25) is 0 Å². The van der Waals surface area contributed by atoms with E-state index in [2.05, 4.69) is 10.4 Å². The maximum atomic E-state index is 12.0. The van der Waals surface area contributed by atoms with Crippen molar-refractivity contribution < 1.29 is 9.53 Å². The minimum atomic E-state index is 0.130. The van der Waals surface area contributed by atoms with E-state index < -0.39 is 0 Å². The lowest BCUT2D eigenvalue weighted by atomic mass is 9.89. The minimum absolute atomic E-state index is 0.130. The SMILES string of the molecule is CCOCn1cc(NC(=O)C2CCCCC2)cn1. The molecule has 2 rings (SSSR count). The molecule has 1 fully saturated rings. The van der Waals surface area contributed by atoms with E-state index in [-0.39, 0.29) is 11.8 Å². The van der Waals surface area contributed by atoms with Crippen molar-refractivity contribution in [3.8, 4) is 0 Å². The first kappa shape index (κ1) is 13.1. The molecule has 0 radical (unpaired) electrons. The van der Waals surface area contributed by atoms with Crippen molar-refractivity contribution >= 4 is 11.6 Å². The molecule has 1 amide bonds. The molecule has 0 bridgehead atoms. The molecular weight excluding hydrogens is 230 g/mol. The second kappa shape index (κ2) is 6.54. The molecule has 1 saturated carbocycles. The highest BCUT2D eigenvalue weighted by atomic mass is 16.5. The van der Waals surface area contributed by atoms with Crippen LogP contribution in [0.4, 0.5) is 5.69 Å². The van der Waals surface area contributed by atoms with Crippen LogP contribution in [-0.2, 0) is 16.3 Å². The zero-order chi connectivity index (χ0) is 12.8. The number of nitrogens with one attached hydrogen (secondary N) is 1. The summed E-state index contributed by atoms with van der Waals surface area (Å²) < 4.78 is 6.92. The lowest BCUT2D eigenvalue weighted by molar-refractivity contribution is -0.120. The second-order valence-corrected chi connectivity index (χ2v) is 4.71. The molecule has 0 unspecified atom stereocenters. The number of amides is 1. The number of nitrogens with zero attached hydrogens (tertiary/aromatic N) is 2. The summed E-state index contributed by atoms with van der Waals surface area (Å²) in [6, 6.07) is 0. The van der Waals surface area contributed by atoms with Crippen LogP contribution < -0.4 is 5.32 Å². The molecular formula is C13H21N3O2. The summed E-state index contributed by atoms with van der Waals surface area (Å²) in [5, 5.41) is 7.06. The van der Waals surface area contributed by atoms with Gasteiger partial charge in [0.15, 0.2) is 0 Å². The Bertz CT molecular complexity index is 383. The quantitative estimate of drug-likeness (QED) is 0.874. The first-order chi connectivity index (χ1) is 8.79. The van der Waals surface area contributed by atoms with Crippen molar-refractivity contribution in [3.05, 3.63) is 12.4 Å². The van der Waals surface area contributed by atoms with Gasteiger partial charge in [0.1, 0.15) is 6.73 Å². The predicted octanol–water partition coefficient (Wildman–Crippen LogP) is 2.40. The number of rotatable bonds is 5. The van der Waals surface area contributed by atoms with Gasteiger partial charge in [0.2, 0.25) is 5.91 Å². The average Bonchev–Trinajstić information content (AvgIpc) is 2.85. The molecule has 1 heterocycles. The summed E-state index contributed by atoms with van der Waals surface area (Å²) in [7, 11) is 0. The minimum Gasteiger partial charge on any atom is -0.360 e. The van der Waals surface area contributed by atoms with Crippen molar-refractivity contribution in [1.82, 2.24) is 9.78 Å². The summed E-state index contributed by atoms with van der Waals surface area (Å²) >= 11 is 0. The summed E-state index contributed by atoms with van der Waals surface area (Å²) in [5.41, 5.74) is 0.755. The molecule has 0 aromatic carbocycles. The average molecular weight is 251 g/mol. The van der Waals surface area contributed by atoms with Crippen molar-refractivity contribution in [2.24, 2.45) is 5.92 Å². The third-order valence-electron chi connectivity index (χ3n) is 3.30. The van der Waals surface area contributed by atoms with E-state index in [9.17, 15) is 4.79 Å². The molecule has 100 valence electrons. The van der Waals surface area contributed by atoms with Gasteiger partial charge in [-0.3, -0.25) is 4.79 Å². The van der Waals surface area contributed by atoms with Crippen LogP contribution in [0.15, 0.2) is 12.4 Å². The van der Waals surface area contributed by atoms with Crippen molar-refractivity contribution in [2.75, 3.05) is 11.9 Å². The summed E-state index contributed by atoms with van der Waals surface area (Å²) in [5.74, 6) is 0.305. The van der Waals surface area contributed by atoms with Gasteiger partial charge in [-0.05, 0) is 19.8 Å². The van der Waals surface area contributed by atoms with Gasteiger partial charge in [-0.25, -0.2) is 4.68 Å². The van der Waals surface area contributed by atoms with Crippen molar-refractivity contribution in [2.45, 2.75) is 45.8 Å². The smallest absolute Gasteiger partial charge is 0.227 e. The second-order valence-electron chi connectivity index (χ2n) is 4.71. The van der Waals surface area contributed by atoms with E-state index >= 15 is 0 Å². The third kappa shape index (κ3) is 3.57. The van der Waals surface area contributed by atoms with Gasteiger partial charge in [-0.2, -0.15) is 5.10 Å². The Hall–Kier alpha value is -1.36. The monoisotopic (exact) mass is 251 g/mol. The van der Waals surface area contributed by atoms with E-state index in [1.54, 1.807) is 17.1 Å². The number of hydrogen-bond donors (Lipinski definition) is 1. The number of anilines is 1. The molecule has 0 spiro atoms. The highest BCUT2D eigenvalue weighted by Gasteiger charge is 2.21. The lowest BCUT2D eigenvalue weighted by Crippen LogP contribution is -2.24. The van der Waals surface area contributed by atoms with Gasteiger partial charge in [-0.1, -0.05) is 19.3 Å². The Morgan fingerprint density at radius 2 is 2.28 bits per heavy atom. The summed E-state index contributed by atoms with van der Waals surface area (Å²) in [4.78, 5) is 12.0. The van der Waals surface area contributed by atoms with Crippen molar-refractivity contribution in [3.63, 3.8) is 0 Å². The zero-order valence-electron chi connectivity index (χ0n) is 10.9. The van der Waals surface area contributed by atoms with Gasteiger partial charge in [0.05, 0.1) is 18.1 Å². The molecule has 1 aliphatic rings. The molecule has 18 heavy (non-hydrogen) atoms. The molecule has 5 nitrogen and oxygen atoms in total.